The van der Waals surface area contributed by atoms with Crippen LogP contribution < -0.4 is 5.32 Å². The Morgan fingerprint density at radius 2 is 2.37 bits per heavy atom. The molecule has 0 aromatic carbocycles. The number of aliphatic hydroxyl groups is 2. The van der Waals surface area contributed by atoms with Crippen molar-refractivity contribution in [2.45, 2.75) is 38.7 Å². The van der Waals surface area contributed by atoms with Crippen LogP contribution in [0.15, 0.2) is 6.07 Å². The van der Waals surface area contributed by atoms with Crippen molar-refractivity contribution in [3.8, 4) is 0 Å². The quantitative estimate of drug-likeness (QED) is 0.781. The fraction of sp³-hybridized carbons (Fsp3) is 0.643. The number of thiophene rings is 1. The van der Waals surface area contributed by atoms with Gasteiger partial charge in [0.2, 0.25) is 0 Å². The summed E-state index contributed by atoms with van der Waals surface area (Å²) >= 11 is 1.55. The summed E-state index contributed by atoms with van der Waals surface area (Å²) < 4.78 is 0. The van der Waals surface area contributed by atoms with E-state index in [4.69, 9.17) is 5.11 Å². The zero-order valence-corrected chi connectivity index (χ0v) is 12.2. The highest BCUT2D eigenvalue weighted by Crippen LogP contribution is 2.32. The highest BCUT2D eigenvalue weighted by molar-refractivity contribution is 7.14. The lowest BCUT2D eigenvalue weighted by Gasteiger charge is -2.20. The third kappa shape index (κ3) is 3.55. The maximum absolute atomic E-state index is 12.0. The number of aliphatic hydroxyl groups excluding tert-OH is 1. The van der Waals surface area contributed by atoms with Crippen molar-refractivity contribution in [3.05, 3.63) is 21.4 Å². The fourth-order valence-electron chi connectivity index (χ4n) is 2.23. The molecule has 1 aromatic rings. The van der Waals surface area contributed by atoms with Gasteiger partial charge in [-0.3, -0.25) is 4.79 Å². The first kappa shape index (κ1) is 14.5. The van der Waals surface area contributed by atoms with Gasteiger partial charge >= 0.3 is 0 Å². The summed E-state index contributed by atoms with van der Waals surface area (Å²) in [7, 11) is 0. The topological polar surface area (TPSA) is 69.6 Å². The van der Waals surface area contributed by atoms with Gasteiger partial charge in [-0.2, -0.15) is 0 Å². The molecule has 106 valence electrons. The molecule has 3 N–H and O–H groups in total. The van der Waals surface area contributed by atoms with Crippen LogP contribution in [0.1, 0.15) is 40.4 Å². The van der Waals surface area contributed by atoms with Gasteiger partial charge in [-0.15, -0.1) is 11.3 Å². The van der Waals surface area contributed by atoms with Gasteiger partial charge in [0.15, 0.2) is 0 Å². The Hall–Kier alpha value is -0.910. The molecule has 2 unspecified atom stereocenters. The van der Waals surface area contributed by atoms with Gasteiger partial charge in [0.05, 0.1) is 11.5 Å². The summed E-state index contributed by atoms with van der Waals surface area (Å²) in [5.74, 6) is 0.522. The highest BCUT2D eigenvalue weighted by atomic mass is 32.1. The summed E-state index contributed by atoms with van der Waals surface area (Å²) in [6, 6.07) is 1.97. The molecular formula is C14H21NO3S. The van der Waals surface area contributed by atoms with Crippen LogP contribution in [0.2, 0.25) is 0 Å². The zero-order valence-electron chi connectivity index (χ0n) is 11.4. The van der Waals surface area contributed by atoms with Crippen LogP contribution in [0.25, 0.3) is 0 Å². The molecule has 0 spiro atoms. The standard InChI is InChI=1S/C14H21NO3S/c1-9-3-4-11-10(5-9)6-12(19-11)13(17)15-7-14(2,18)8-16/h6,9,16,18H,3-5,7-8H2,1-2H3,(H,15,17). The van der Waals surface area contributed by atoms with Crippen LogP contribution in [-0.4, -0.2) is 34.9 Å². The number of amides is 1. The van der Waals surface area contributed by atoms with Crippen molar-refractivity contribution in [1.29, 1.82) is 0 Å². The minimum atomic E-state index is -1.26. The molecule has 1 aliphatic rings. The number of rotatable bonds is 4. The third-order valence-corrected chi connectivity index (χ3v) is 4.76. The maximum Gasteiger partial charge on any atom is 0.261 e. The van der Waals surface area contributed by atoms with Crippen molar-refractivity contribution in [2.24, 2.45) is 5.92 Å². The molecule has 2 atom stereocenters. The maximum atomic E-state index is 12.0. The minimum Gasteiger partial charge on any atom is -0.393 e. The fourth-order valence-corrected chi connectivity index (χ4v) is 3.36. The van der Waals surface area contributed by atoms with Crippen molar-refractivity contribution in [2.75, 3.05) is 13.2 Å². The van der Waals surface area contributed by atoms with Crippen LogP contribution in [0, 0.1) is 5.92 Å². The molecule has 0 aliphatic heterocycles. The number of fused-ring (bicyclic) bond motifs is 1. The van der Waals surface area contributed by atoms with Crippen molar-refractivity contribution in [1.82, 2.24) is 5.32 Å². The van der Waals surface area contributed by atoms with E-state index in [0.717, 1.165) is 12.8 Å². The average Bonchev–Trinajstić information content (AvgIpc) is 2.79. The first-order chi connectivity index (χ1) is 8.91. The molecule has 0 radical (unpaired) electrons. The molecule has 0 saturated carbocycles. The predicted molar refractivity (Wildman–Crippen MR) is 75.6 cm³/mol. The van der Waals surface area contributed by atoms with Crippen molar-refractivity contribution >= 4 is 17.2 Å². The molecular weight excluding hydrogens is 262 g/mol. The van der Waals surface area contributed by atoms with Gasteiger partial charge in [-0.1, -0.05) is 6.92 Å². The van der Waals surface area contributed by atoms with E-state index in [1.165, 1.54) is 23.8 Å². The Kier molecular flexibility index (Phi) is 4.28. The van der Waals surface area contributed by atoms with E-state index in [0.29, 0.717) is 10.8 Å². The van der Waals surface area contributed by atoms with E-state index in [1.54, 1.807) is 11.3 Å². The summed E-state index contributed by atoms with van der Waals surface area (Å²) in [6.45, 7) is 3.42. The lowest BCUT2D eigenvalue weighted by molar-refractivity contribution is 0.00323. The molecule has 1 heterocycles. The number of nitrogens with one attached hydrogen (secondary N) is 1. The predicted octanol–water partition coefficient (Wildman–Crippen LogP) is 1.35. The van der Waals surface area contributed by atoms with E-state index in [-0.39, 0.29) is 19.1 Å². The molecule has 1 amide bonds. The number of hydrogen-bond donors (Lipinski definition) is 3. The highest BCUT2D eigenvalue weighted by Gasteiger charge is 2.23. The van der Waals surface area contributed by atoms with E-state index in [9.17, 15) is 9.90 Å². The molecule has 0 bridgehead atoms. The second-order valence-corrected chi connectivity index (χ2v) is 6.88. The summed E-state index contributed by atoms with van der Waals surface area (Å²) in [4.78, 5) is 14.0. The Morgan fingerprint density at radius 3 is 3.05 bits per heavy atom. The Labute approximate surface area is 117 Å². The summed E-state index contributed by atoms with van der Waals surface area (Å²) in [6.07, 6.45) is 3.30. The average molecular weight is 283 g/mol. The first-order valence-corrected chi connectivity index (χ1v) is 7.46. The van der Waals surface area contributed by atoms with E-state index in [2.05, 4.69) is 12.2 Å². The lowest BCUT2D eigenvalue weighted by Crippen LogP contribution is -2.43. The third-order valence-electron chi connectivity index (χ3n) is 3.52. The zero-order chi connectivity index (χ0) is 14.0. The van der Waals surface area contributed by atoms with Crippen LogP contribution in [0.3, 0.4) is 0 Å². The van der Waals surface area contributed by atoms with E-state index < -0.39 is 5.60 Å². The minimum absolute atomic E-state index is 0.0568. The molecule has 0 saturated heterocycles. The number of carbonyl (C=O) groups excluding carboxylic acids is 1. The van der Waals surface area contributed by atoms with Gasteiger partial charge in [-0.25, -0.2) is 0 Å². The monoisotopic (exact) mass is 283 g/mol. The summed E-state index contributed by atoms with van der Waals surface area (Å²) in [5.41, 5.74) is 0.0314. The van der Waals surface area contributed by atoms with Gasteiger partial charge in [0.1, 0.15) is 5.60 Å². The Bertz CT molecular complexity index is 467. The first-order valence-electron chi connectivity index (χ1n) is 6.64. The largest absolute Gasteiger partial charge is 0.393 e. The summed E-state index contributed by atoms with van der Waals surface area (Å²) in [5, 5.41) is 21.3. The van der Waals surface area contributed by atoms with Gasteiger partial charge in [-0.05, 0) is 43.7 Å². The van der Waals surface area contributed by atoms with Crippen LogP contribution >= 0.6 is 11.3 Å². The molecule has 4 nitrogen and oxygen atoms in total. The number of hydrogen-bond acceptors (Lipinski definition) is 4. The van der Waals surface area contributed by atoms with Crippen LogP contribution in [0.5, 0.6) is 0 Å². The Morgan fingerprint density at radius 1 is 1.63 bits per heavy atom. The van der Waals surface area contributed by atoms with E-state index >= 15 is 0 Å². The molecule has 1 aliphatic carbocycles. The van der Waals surface area contributed by atoms with Crippen molar-refractivity contribution < 1.29 is 15.0 Å². The second-order valence-electron chi connectivity index (χ2n) is 5.74. The number of carbonyl (C=O) groups is 1. The Balaban J connectivity index is 2.01. The lowest BCUT2D eigenvalue weighted by atomic mass is 9.90. The molecule has 1 aromatic heterocycles. The molecule has 2 rings (SSSR count). The van der Waals surface area contributed by atoms with Gasteiger partial charge < -0.3 is 15.5 Å². The molecule has 5 heteroatoms. The van der Waals surface area contributed by atoms with Gasteiger partial charge in [0.25, 0.3) is 5.91 Å². The SMILES string of the molecule is CC1CCc2sc(C(=O)NCC(C)(O)CO)cc2C1. The smallest absolute Gasteiger partial charge is 0.261 e. The van der Waals surface area contributed by atoms with Crippen LogP contribution in [0.4, 0.5) is 0 Å². The molecule has 0 fully saturated rings. The van der Waals surface area contributed by atoms with E-state index in [1.807, 2.05) is 6.07 Å². The molecule has 19 heavy (non-hydrogen) atoms. The number of aryl methyl sites for hydroxylation is 1. The second kappa shape index (κ2) is 5.61. The van der Waals surface area contributed by atoms with Gasteiger partial charge in [0, 0.05) is 11.4 Å². The normalized spacial score (nSPS) is 21.6. The van der Waals surface area contributed by atoms with Crippen LogP contribution in [-0.2, 0) is 12.8 Å². The van der Waals surface area contributed by atoms with Crippen molar-refractivity contribution in [3.63, 3.8) is 0 Å².